The predicted molar refractivity (Wildman–Crippen MR) is 109 cm³/mol. The van der Waals surface area contributed by atoms with Gasteiger partial charge in [0, 0.05) is 42.1 Å². The number of piperidine rings is 1. The van der Waals surface area contributed by atoms with Gasteiger partial charge in [0.15, 0.2) is 6.61 Å². The van der Waals surface area contributed by atoms with Crippen LogP contribution in [0.25, 0.3) is 11.3 Å². The van der Waals surface area contributed by atoms with Gasteiger partial charge in [-0.05, 0) is 36.4 Å². The fourth-order valence-corrected chi connectivity index (χ4v) is 4.07. The number of rotatable bonds is 5. The van der Waals surface area contributed by atoms with Crippen molar-refractivity contribution in [3.63, 3.8) is 0 Å². The number of aromatic amines is 1. The Bertz CT molecular complexity index is 1040. The van der Waals surface area contributed by atoms with E-state index >= 15 is 0 Å². The quantitative estimate of drug-likeness (QED) is 0.696. The number of benzene rings is 1. The number of carbonyl (C=O) groups is 1. The molecule has 0 saturated carbocycles. The third-order valence-electron chi connectivity index (χ3n) is 4.97. The lowest BCUT2D eigenvalue weighted by atomic mass is 9.95. The van der Waals surface area contributed by atoms with E-state index in [1.165, 1.54) is 18.2 Å². The minimum absolute atomic E-state index is 0.0921. The number of nitrogens with zero attached hydrogens (tertiary/aromatic N) is 2. The summed E-state index contributed by atoms with van der Waals surface area (Å²) in [6, 6.07) is 9.18. The number of H-pyrrole nitrogens is 1. The van der Waals surface area contributed by atoms with Crippen molar-refractivity contribution in [3.05, 3.63) is 69.2 Å². The first-order valence-electron chi connectivity index (χ1n) is 9.38. The molecule has 1 amide bonds. The van der Waals surface area contributed by atoms with Crippen LogP contribution >= 0.6 is 11.3 Å². The van der Waals surface area contributed by atoms with Crippen molar-refractivity contribution in [1.29, 1.82) is 0 Å². The van der Waals surface area contributed by atoms with Gasteiger partial charge in [0.2, 0.25) is 0 Å². The average molecular weight is 413 g/mol. The van der Waals surface area contributed by atoms with Gasteiger partial charge in [0.1, 0.15) is 17.4 Å². The molecule has 1 aliphatic rings. The van der Waals surface area contributed by atoms with Crippen LogP contribution < -0.4 is 10.3 Å². The number of halogens is 1. The Labute approximate surface area is 171 Å². The highest BCUT2D eigenvalue weighted by Gasteiger charge is 2.26. The van der Waals surface area contributed by atoms with Gasteiger partial charge < -0.3 is 14.6 Å². The van der Waals surface area contributed by atoms with Crippen molar-refractivity contribution in [2.24, 2.45) is 0 Å². The first-order chi connectivity index (χ1) is 14.1. The molecule has 1 aliphatic heterocycles. The molecular formula is C21H20FN3O3S. The predicted octanol–water partition coefficient (Wildman–Crippen LogP) is 3.42. The number of aromatic nitrogens is 2. The zero-order valence-corrected chi connectivity index (χ0v) is 16.5. The van der Waals surface area contributed by atoms with Crippen LogP contribution in [0.2, 0.25) is 0 Å². The summed E-state index contributed by atoms with van der Waals surface area (Å²) in [5.41, 5.74) is 1.44. The van der Waals surface area contributed by atoms with Gasteiger partial charge in [-0.1, -0.05) is 6.07 Å². The number of hydrogen-bond acceptors (Lipinski definition) is 5. The summed E-state index contributed by atoms with van der Waals surface area (Å²) < 4.78 is 18.6. The van der Waals surface area contributed by atoms with Gasteiger partial charge >= 0.3 is 0 Å². The fraction of sp³-hybridized carbons (Fsp3) is 0.286. The molecule has 1 fully saturated rings. The Morgan fingerprint density at radius 3 is 2.83 bits per heavy atom. The van der Waals surface area contributed by atoms with E-state index in [9.17, 15) is 14.0 Å². The molecule has 4 rings (SSSR count). The molecule has 8 heteroatoms. The lowest BCUT2D eigenvalue weighted by Crippen LogP contribution is -2.41. The summed E-state index contributed by atoms with van der Waals surface area (Å²) in [7, 11) is 0. The summed E-state index contributed by atoms with van der Waals surface area (Å²) in [4.78, 5) is 33.7. The minimum Gasteiger partial charge on any atom is -0.484 e. The summed E-state index contributed by atoms with van der Waals surface area (Å²) in [6.45, 7) is 0.988. The van der Waals surface area contributed by atoms with Crippen LogP contribution in [0.3, 0.4) is 0 Å². The molecule has 0 bridgehead atoms. The van der Waals surface area contributed by atoms with E-state index in [4.69, 9.17) is 4.74 Å². The number of nitrogens with one attached hydrogen (secondary N) is 1. The first kappa shape index (κ1) is 19.3. The van der Waals surface area contributed by atoms with E-state index in [1.807, 2.05) is 16.8 Å². The van der Waals surface area contributed by atoms with Crippen LogP contribution in [0.5, 0.6) is 5.75 Å². The molecule has 150 valence electrons. The first-order valence-corrected chi connectivity index (χ1v) is 10.3. The van der Waals surface area contributed by atoms with E-state index in [0.29, 0.717) is 43.2 Å². The number of hydrogen-bond donors (Lipinski definition) is 1. The van der Waals surface area contributed by atoms with Gasteiger partial charge in [-0.25, -0.2) is 9.37 Å². The third-order valence-corrected chi connectivity index (χ3v) is 5.65. The Morgan fingerprint density at radius 1 is 1.28 bits per heavy atom. The lowest BCUT2D eigenvalue weighted by Gasteiger charge is -2.31. The van der Waals surface area contributed by atoms with E-state index in [-0.39, 0.29) is 24.0 Å². The molecule has 0 spiro atoms. The molecule has 29 heavy (non-hydrogen) atoms. The second-order valence-electron chi connectivity index (χ2n) is 6.93. The molecule has 0 radical (unpaired) electrons. The second kappa shape index (κ2) is 8.57. The molecule has 0 aliphatic carbocycles. The van der Waals surface area contributed by atoms with E-state index in [0.717, 1.165) is 5.56 Å². The third kappa shape index (κ3) is 4.71. The maximum atomic E-state index is 13.2. The highest BCUT2D eigenvalue weighted by Crippen LogP contribution is 2.27. The normalized spacial score (nSPS) is 14.7. The SMILES string of the molecule is O=C(COc1cccc(F)c1)N1CCC(c2nc(-c3ccsc3)cc(=O)[nH]2)CC1. The second-order valence-corrected chi connectivity index (χ2v) is 7.71. The van der Waals surface area contributed by atoms with Crippen molar-refractivity contribution in [1.82, 2.24) is 14.9 Å². The highest BCUT2D eigenvalue weighted by atomic mass is 32.1. The van der Waals surface area contributed by atoms with E-state index < -0.39 is 5.82 Å². The van der Waals surface area contributed by atoms with Gasteiger partial charge in [-0.15, -0.1) is 0 Å². The van der Waals surface area contributed by atoms with Crippen molar-refractivity contribution in [3.8, 4) is 17.0 Å². The largest absolute Gasteiger partial charge is 0.484 e. The zero-order valence-electron chi connectivity index (χ0n) is 15.6. The minimum atomic E-state index is -0.401. The van der Waals surface area contributed by atoms with Crippen molar-refractivity contribution >= 4 is 17.2 Å². The average Bonchev–Trinajstić information content (AvgIpc) is 3.27. The fourth-order valence-electron chi connectivity index (χ4n) is 3.42. The zero-order chi connectivity index (χ0) is 20.2. The number of ether oxygens (including phenoxy) is 1. The van der Waals surface area contributed by atoms with E-state index in [2.05, 4.69) is 9.97 Å². The summed E-state index contributed by atoms with van der Waals surface area (Å²) >= 11 is 1.56. The molecule has 0 unspecified atom stereocenters. The van der Waals surface area contributed by atoms with Gasteiger partial charge in [-0.2, -0.15) is 11.3 Å². The van der Waals surface area contributed by atoms with Gasteiger partial charge in [-0.3, -0.25) is 9.59 Å². The molecule has 1 saturated heterocycles. The van der Waals surface area contributed by atoms with E-state index in [1.54, 1.807) is 28.4 Å². The van der Waals surface area contributed by atoms with Gasteiger partial charge in [0.05, 0.1) is 5.69 Å². The smallest absolute Gasteiger partial charge is 0.260 e. The number of amides is 1. The van der Waals surface area contributed by atoms with Crippen LogP contribution in [0.4, 0.5) is 4.39 Å². The van der Waals surface area contributed by atoms with Crippen LogP contribution in [-0.4, -0.2) is 40.5 Å². The van der Waals surface area contributed by atoms with Crippen LogP contribution in [0.15, 0.2) is 52.0 Å². The molecule has 6 nitrogen and oxygen atoms in total. The topological polar surface area (TPSA) is 75.3 Å². The molecule has 1 aromatic carbocycles. The Hall–Kier alpha value is -3.00. The van der Waals surface area contributed by atoms with Crippen LogP contribution in [-0.2, 0) is 4.79 Å². The van der Waals surface area contributed by atoms with Crippen LogP contribution in [0, 0.1) is 5.82 Å². The molecule has 2 aromatic heterocycles. The standard InChI is InChI=1S/C21H20FN3O3S/c22-16-2-1-3-17(10-16)28-12-20(27)25-7-4-14(5-8-25)21-23-18(11-19(26)24-21)15-6-9-29-13-15/h1-3,6,9-11,13-14H,4-5,7-8,12H2,(H,23,24,26). The Balaban J connectivity index is 1.36. The van der Waals surface area contributed by atoms with Crippen LogP contribution in [0.1, 0.15) is 24.6 Å². The lowest BCUT2D eigenvalue weighted by molar-refractivity contribution is -0.134. The van der Waals surface area contributed by atoms with Crippen molar-refractivity contribution < 1.29 is 13.9 Å². The highest BCUT2D eigenvalue weighted by molar-refractivity contribution is 7.08. The monoisotopic (exact) mass is 413 g/mol. The van der Waals surface area contributed by atoms with Crippen molar-refractivity contribution in [2.75, 3.05) is 19.7 Å². The summed E-state index contributed by atoms with van der Waals surface area (Å²) in [6.07, 6.45) is 1.42. The Morgan fingerprint density at radius 2 is 2.10 bits per heavy atom. The molecule has 3 heterocycles. The Kier molecular flexibility index (Phi) is 5.71. The number of thiophene rings is 1. The maximum absolute atomic E-state index is 13.2. The van der Waals surface area contributed by atoms with Crippen molar-refractivity contribution in [2.45, 2.75) is 18.8 Å². The summed E-state index contributed by atoms with van der Waals surface area (Å²) in [5.74, 6) is 0.555. The number of carbonyl (C=O) groups excluding carboxylic acids is 1. The van der Waals surface area contributed by atoms with Gasteiger partial charge in [0.25, 0.3) is 11.5 Å². The molecular weight excluding hydrogens is 393 g/mol. The maximum Gasteiger partial charge on any atom is 0.260 e. The molecule has 1 N–H and O–H groups in total. The molecule has 0 atom stereocenters. The summed E-state index contributed by atoms with van der Waals surface area (Å²) in [5, 5.41) is 3.92. The molecule has 3 aromatic rings. The number of likely N-dealkylation sites (tertiary alicyclic amines) is 1.